The van der Waals surface area contributed by atoms with Gasteiger partial charge in [-0.25, -0.2) is 4.99 Å². The molecular formula is C14H14ClNO3S2. The van der Waals surface area contributed by atoms with Crippen molar-refractivity contribution in [3.63, 3.8) is 0 Å². The lowest BCUT2D eigenvalue weighted by atomic mass is 10.1. The molecule has 1 aliphatic heterocycles. The average molecular weight is 344 g/mol. The molecule has 1 heterocycles. The second kappa shape index (κ2) is 7.24. The van der Waals surface area contributed by atoms with E-state index in [2.05, 4.69) is 4.99 Å². The van der Waals surface area contributed by atoms with Crippen LogP contribution in [0.3, 0.4) is 0 Å². The topological polar surface area (TPSA) is 47.9 Å². The molecule has 0 fully saturated rings. The fourth-order valence-electron chi connectivity index (χ4n) is 1.79. The van der Waals surface area contributed by atoms with Gasteiger partial charge < -0.3 is 9.47 Å². The zero-order chi connectivity index (χ0) is 15.4. The first-order valence-electron chi connectivity index (χ1n) is 6.16. The summed E-state index contributed by atoms with van der Waals surface area (Å²) in [7, 11) is 3.08. The van der Waals surface area contributed by atoms with Crippen LogP contribution < -0.4 is 9.47 Å². The minimum atomic E-state index is -0.0769. The molecule has 0 radical (unpaired) electrons. The number of ether oxygens (including phenoxy) is 2. The van der Waals surface area contributed by atoms with Gasteiger partial charge in [0.25, 0.3) is 0 Å². The third-order valence-electron chi connectivity index (χ3n) is 2.63. The standard InChI is InChI=1S/C14H14ClNO3S2/c1-4-20-14-16-10(13(17)21-14)6-8-5-9(15)7-11(18-2)12(8)19-3/h5-7H,4H2,1-3H3/b10-6+. The van der Waals surface area contributed by atoms with Crippen molar-refractivity contribution in [2.45, 2.75) is 6.92 Å². The van der Waals surface area contributed by atoms with Crippen molar-refractivity contribution in [1.82, 2.24) is 0 Å². The molecular weight excluding hydrogens is 330 g/mol. The number of carbonyl (C=O) groups is 1. The summed E-state index contributed by atoms with van der Waals surface area (Å²) >= 11 is 8.76. The lowest BCUT2D eigenvalue weighted by Gasteiger charge is -2.11. The van der Waals surface area contributed by atoms with Gasteiger partial charge in [-0.1, -0.05) is 30.3 Å². The smallest absolute Gasteiger partial charge is 0.244 e. The van der Waals surface area contributed by atoms with Crippen LogP contribution in [-0.2, 0) is 4.79 Å². The van der Waals surface area contributed by atoms with Crippen molar-refractivity contribution in [3.8, 4) is 11.5 Å². The number of rotatable bonds is 4. The summed E-state index contributed by atoms with van der Waals surface area (Å²) in [6, 6.07) is 3.38. The highest BCUT2D eigenvalue weighted by atomic mass is 35.5. The SMILES string of the molecule is CCSC1=N/C(=C/c2cc(Cl)cc(OC)c2OC)C(=O)S1. The minimum absolute atomic E-state index is 0.0769. The van der Waals surface area contributed by atoms with Crippen molar-refractivity contribution in [1.29, 1.82) is 0 Å². The van der Waals surface area contributed by atoms with Gasteiger partial charge in [-0.15, -0.1) is 0 Å². The van der Waals surface area contributed by atoms with Crippen molar-refractivity contribution in [2.75, 3.05) is 20.0 Å². The first-order chi connectivity index (χ1) is 10.1. The molecule has 0 N–H and O–H groups in total. The second-order valence-corrected chi connectivity index (χ2v) is 6.87. The van der Waals surface area contributed by atoms with E-state index in [9.17, 15) is 4.79 Å². The van der Waals surface area contributed by atoms with E-state index in [1.807, 2.05) is 6.92 Å². The van der Waals surface area contributed by atoms with E-state index in [4.69, 9.17) is 21.1 Å². The summed E-state index contributed by atoms with van der Waals surface area (Å²) in [5.74, 6) is 1.92. The van der Waals surface area contributed by atoms with Gasteiger partial charge in [0.15, 0.2) is 11.5 Å². The summed E-state index contributed by atoms with van der Waals surface area (Å²) in [5.41, 5.74) is 1.05. The lowest BCUT2D eigenvalue weighted by Crippen LogP contribution is -1.95. The highest BCUT2D eigenvalue weighted by molar-refractivity contribution is 8.45. The van der Waals surface area contributed by atoms with Gasteiger partial charge in [0, 0.05) is 16.7 Å². The summed E-state index contributed by atoms with van der Waals surface area (Å²) < 4.78 is 11.3. The van der Waals surface area contributed by atoms with Crippen LogP contribution in [0.2, 0.25) is 5.02 Å². The van der Waals surface area contributed by atoms with Crippen LogP contribution in [0.4, 0.5) is 0 Å². The van der Waals surface area contributed by atoms with Gasteiger partial charge in [-0.3, -0.25) is 4.79 Å². The molecule has 0 spiro atoms. The summed E-state index contributed by atoms with van der Waals surface area (Å²) in [5, 5.41) is 0.427. The first kappa shape index (κ1) is 16.3. The van der Waals surface area contributed by atoms with Crippen molar-refractivity contribution >= 4 is 50.7 Å². The lowest BCUT2D eigenvalue weighted by molar-refractivity contribution is -0.107. The fraction of sp³-hybridized carbons (Fsp3) is 0.286. The largest absolute Gasteiger partial charge is 0.493 e. The molecule has 21 heavy (non-hydrogen) atoms. The number of hydrogen-bond acceptors (Lipinski definition) is 6. The van der Waals surface area contributed by atoms with Gasteiger partial charge >= 0.3 is 0 Å². The van der Waals surface area contributed by atoms with E-state index in [1.54, 1.807) is 37.1 Å². The Morgan fingerprint density at radius 2 is 2.14 bits per heavy atom. The number of methoxy groups -OCH3 is 2. The molecule has 0 saturated carbocycles. The Morgan fingerprint density at radius 1 is 1.38 bits per heavy atom. The predicted octanol–water partition coefficient (Wildman–Crippen LogP) is 4.08. The predicted molar refractivity (Wildman–Crippen MR) is 90.7 cm³/mol. The molecule has 0 aliphatic carbocycles. The van der Waals surface area contributed by atoms with Crippen LogP contribution >= 0.6 is 35.1 Å². The van der Waals surface area contributed by atoms with Crippen LogP contribution in [0.25, 0.3) is 6.08 Å². The van der Waals surface area contributed by atoms with E-state index < -0.39 is 0 Å². The van der Waals surface area contributed by atoms with Crippen LogP contribution in [-0.4, -0.2) is 29.5 Å². The summed E-state index contributed by atoms with van der Waals surface area (Å²) in [6.45, 7) is 2.02. The van der Waals surface area contributed by atoms with Crippen LogP contribution in [0.5, 0.6) is 11.5 Å². The molecule has 7 heteroatoms. The quantitative estimate of drug-likeness (QED) is 0.771. The summed E-state index contributed by atoms with van der Waals surface area (Å²) in [6.07, 6.45) is 1.67. The number of thioether (sulfide) groups is 2. The number of aliphatic imine (C=N–C) groups is 1. The molecule has 0 saturated heterocycles. The van der Waals surface area contributed by atoms with Crippen molar-refractivity contribution in [2.24, 2.45) is 4.99 Å². The first-order valence-corrected chi connectivity index (χ1v) is 8.34. The Bertz CT molecular complexity index is 629. The maximum Gasteiger partial charge on any atom is 0.244 e. The van der Waals surface area contributed by atoms with Gasteiger partial charge in [0.1, 0.15) is 10.1 Å². The van der Waals surface area contributed by atoms with E-state index in [-0.39, 0.29) is 5.12 Å². The molecule has 0 amide bonds. The third-order valence-corrected chi connectivity index (χ3v) is 4.74. The maximum absolute atomic E-state index is 12.0. The Morgan fingerprint density at radius 3 is 2.76 bits per heavy atom. The Labute approximate surface area is 136 Å². The van der Waals surface area contributed by atoms with E-state index >= 15 is 0 Å². The van der Waals surface area contributed by atoms with E-state index in [0.29, 0.717) is 27.8 Å². The highest BCUT2D eigenvalue weighted by Gasteiger charge is 2.23. The zero-order valence-electron chi connectivity index (χ0n) is 11.8. The molecule has 4 nitrogen and oxygen atoms in total. The molecule has 1 aliphatic rings. The van der Waals surface area contributed by atoms with Gasteiger partial charge in [-0.05, 0) is 29.7 Å². The zero-order valence-corrected chi connectivity index (χ0v) is 14.2. The number of benzene rings is 1. The van der Waals surface area contributed by atoms with Crippen LogP contribution in [0, 0.1) is 0 Å². The number of nitrogens with zero attached hydrogens (tertiary/aromatic N) is 1. The number of carbonyl (C=O) groups excluding carboxylic acids is 1. The molecule has 0 aromatic heterocycles. The second-order valence-electron chi connectivity index (χ2n) is 3.96. The molecule has 1 aromatic rings. The van der Waals surface area contributed by atoms with Gasteiger partial charge in [0.05, 0.1) is 14.2 Å². The Kier molecular flexibility index (Phi) is 5.61. The monoisotopic (exact) mass is 343 g/mol. The normalized spacial score (nSPS) is 16.3. The van der Waals surface area contributed by atoms with E-state index in [0.717, 1.165) is 21.9 Å². The molecule has 0 atom stereocenters. The fourth-order valence-corrected chi connectivity index (χ4v) is 3.74. The van der Waals surface area contributed by atoms with Crippen LogP contribution in [0.1, 0.15) is 12.5 Å². The number of hydrogen-bond donors (Lipinski definition) is 0. The van der Waals surface area contributed by atoms with Crippen LogP contribution in [0.15, 0.2) is 22.8 Å². The molecule has 112 valence electrons. The van der Waals surface area contributed by atoms with Gasteiger partial charge in [0.2, 0.25) is 5.12 Å². The average Bonchev–Trinajstić information content (AvgIpc) is 2.78. The molecule has 2 rings (SSSR count). The molecule has 0 bridgehead atoms. The minimum Gasteiger partial charge on any atom is -0.493 e. The maximum atomic E-state index is 12.0. The number of halogens is 1. The van der Waals surface area contributed by atoms with Crippen molar-refractivity contribution in [3.05, 3.63) is 28.4 Å². The Balaban J connectivity index is 2.45. The molecule has 1 aromatic carbocycles. The summed E-state index contributed by atoms with van der Waals surface area (Å²) in [4.78, 5) is 16.3. The highest BCUT2D eigenvalue weighted by Crippen LogP contribution is 2.38. The molecule has 0 unspecified atom stereocenters. The van der Waals surface area contributed by atoms with Gasteiger partial charge in [-0.2, -0.15) is 0 Å². The Hall–Kier alpha value is -1.11. The van der Waals surface area contributed by atoms with Crippen molar-refractivity contribution < 1.29 is 14.3 Å². The third kappa shape index (κ3) is 3.75. The van der Waals surface area contributed by atoms with E-state index in [1.165, 1.54) is 7.11 Å².